The quantitative estimate of drug-likeness (QED) is 0.411. The molecule has 6 atom stereocenters. The number of ether oxygens (including phenoxy) is 1. The van der Waals surface area contributed by atoms with Crippen molar-refractivity contribution in [2.75, 3.05) is 13.2 Å². The van der Waals surface area contributed by atoms with Crippen LogP contribution in [0.4, 0.5) is 0 Å². The topological polar surface area (TPSA) is 87.0 Å². The van der Waals surface area contributed by atoms with Crippen LogP contribution in [-0.2, 0) is 9.53 Å². The van der Waals surface area contributed by atoms with Crippen molar-refractivity contribution in [1.82, 2.24) is 0 Å². The minimum Gasteiger partial charge on any atom is -0.459 e. The first-order valence-corrected chi connectivity index (χ1v) is 9.26. The molecule has 0 bridgehead atoms. The third-order valence-electron chi connectivity index (χ3n) is 7.23. The number of aliphatic hydroxyl groups is 3. The monoisotopic (exact) mass is 350 g/mol. The second kappa shape index (κ2) is 6.53. The molecule has 0 radical (unpaired) electrons. The predicted octanol–water partition coefficient (Wildman–Crippen LogP) is 1.96. The van der Waals surface area contributed by atoms with Crippen molar-refractivity contribution in [2.45, 2.75) is 58.2 Å². The summed E-state index contributed by atoms with van der Waals surface area (Å²) in [6.45, 7) is 8.50. The van der Waals surface area contributed by atoms with Crippen LogP contribution in [0.3, 0.4) is 0 Å². The van der Waals surface area contributed by atoms with E-state index < -0.39 is 23.6 Å². The normalized spacial score (nSPS) is 46.2. The Balaban J connectivity index is 1.89. The van der Waals surface area contributed by atoms with E-state index in [9.17, 15) is 20.1 Å². The molecule has 0 aromatic heterocycles. The zero-order chi connectivity index (χ0) is 18.4. The lowest BCUT2D eigenvalue weighted by Crippen LogP contribution is -2.57. The van der Waals surface area contributed by atoms with Crippen LogP contribution in [0.15, 0.2) is 23.8 Å². The van der Waals surface area contributed by atoms with Gasteiger partial charge in [0, 0.05) is 5.41 Å². The standard InChI is InChI=1S/C20H30O5/c1-12-4-7-16-19(2,9-8-17(23)20(16,3)11-21)14(12)6-5-13-15(22)10-25-18(13)24/h5,14-17,21-23H,1,4,6-11H2,2-3H3/t14-,15-,16-,17+,19-,20-/m0/s1. The summed E-state index contributed by atoms with van der Waals surface area (Å²) in [5.41, 5.74) is 0.911. The van der Waals surface area contributed by atoms with Gasteiger partial charge in [0.1, 0.15) is 12.7 Å². The Morgan fingerprint density at radius 1 is 1.32 bits per heavy atom. The predicted molar refractivity (Wildman–Crippen MR) is 93.6 cm³/mol. The van der Waals surface area contributed by atoms with Gasteiger partial charge in [-0.05, 0) is 49.4 Å². The van der Waals surface area contributed by atoms with Crippen molar-refractivity contribution in [3.63, 3.8) is 0 Å². The van der Waals surface area contributed by atoms with Crippen molar-refractivity contribution in [1.29, 1.82) is 0 Å². The Kier molecular flexibility index (Phi) is 4.86. The molecule has 3 rings (SSSR count). The van der Waals surface area contributed by atoms with E-state index in [0.717, 1.165) is 24.8 Å². The van der Waals surface area contributed by atoms with Crippen LogP contribution in [0, 0.1) is 22.7 Å². The molecule has 5 heteroatoms. The third kappa shape index (κ3) is 2.86. The average molecular weight is 350 g/mol. The van der Waals surface area contributed by atoms with Crippen molar-refractivity contribution < 1.29 is 24.9 Å². The summed E-state index contributed by atoms with van der Waals surface area (Å²) >= 11 is 0. The molecule has 0 spiro atoms. The van der Waals surface area contributed by atoms with Gasteiger partial charge >= 0.3 is 5.97 Å². The number of fused-ring (bicyclic) bond motifs is 1. The van der Waals surface area contributed by atoms with Gasteiger partial charge in [-0.1, -0.05) is 32.1 Å². The Labute approximate surface area is 149 Å². The fourth-order valence-corrected chi connectivity index (χ4v) is 5.56. The molecule has 1 saturated heterocycles. The lowest BCUT2D eigenvalue weighted by Gasteiger charge is -2.59. The second-order valence-corrected chi connectivity index (χ2v) is 8.54. The van der Waals surface area contributed by atoms with Crippen molar-refractivity contribution in [3.05, 3.63) is 23.8 Å². The lowest BCUT2D eigenvalue weighted by molar-refractivity contribution is -0.151. The minimum atomic E-state index is -0.844. The summed E-state index contributed by atoms with van der Waals surface area (Å²) in [6, 6.07) is 0. The summed E-state index contributed by atoms with van der Waals surface area (Å²) in [4.78, 5) is 11.8. The molecule has 25 heavy (non-hydrogen) atoms. The molecule has 140 valence electrons. The van der Waals surface area contributed by atoms with Gasteiger partial charge in [-0.15, -0.1) is 0 Å². The van der Waals surface area contributed by atoms with Crippen LogP contribution in [0.25, 0.3) is 0 Å². The van der Waals surface area contributed by atoms with Crippen LogP contribution in [0.1, 0.15) is 46.0 Å². The first kappa shape index (κ1) is 18.6. The summed E-state index contributed by atoms with van der Waals surface area (Å²) in [5, 5.41) is 30.4. The Bertz CT molecular complexity index is 597. The van der Waals surface area contributed by atoms with E-state index in [-0.39, 0.29) is 30.5 Å². The van der Waals surface area contributed by atoms with E-state index in [0.29, 0.717) is 18.4 Å². The number of rotatable bonds is 3. The van der Waals surface area contributed by atoms with Crippen LogP contribution in [-0.4, -0.2) is 46.7 Å². The van der Waals surface area contributed by atoms with Gasteiger partial charge in [-0.2, -0.15) is 0 Å². The first-order valence-electron chi connectivity index (χ1n) is 9.26. The summed E-state index contributed by atoms with van der Waals surface area (Å²) in [6.07, 6.45) is 4.42. The molecule has 0 unspecified atom stereocenters. The van der Waals surface area contributed by atoms with E-state index in [1.54, 1.807) is 0 Å². The maximum Gasteiger partial charge on any atom is 0.336 e. The van der Waals surface area contributed by atoms with Crippen molar-refractivity contribution in [3.8, 4) is 0 Å². The number of esters is 1. The van der Waals surface area contributed by atoms with Crippen LogP contribution < -0.4 is 0 Å². The van der Waals surface area contributed by atoms with Crippen molar-refractivity contribution in [2.24, 2.45) is 22.7 Å². The van der Waals surface area contributed by atoms with Crippen molar-refractivity contribution >= 4 is 5.97 Å². The molecule has 3 aliphatic rings. The molecular weight excluding hydrogens is 320 g/mol. The van der Waals surface area contributed by atoms with Crippen LogP contribution >= 0.6 is 0 Å². The molecular formula is C20H30O5. The number of carbonyl (C=O) groups excluding carboxylic acids is 1. The molecule has 3 fully saturated rings. The zero-order valence-electron chi connectivity index (χ0n) is 15.2. The maximum atomic E-state index is 11.8. The molecule has 0 aromatic carbocycles. The SMILES string of the molecule is C=C1CC[C@@H]2[C@](C)(CO)[C@H](O)CC[C@@]2(C)[C@H]1CC=C1C(=O)OC[C@@H]1O. The molecule has 0 aromatic rings. The smallest absolute Gasteiger partial charge is 0.336 e. The van der Waals surface area contributed by atoms with E-state index in [1.807, 2.05) is 13.0 Å². The molecule has 0 amide bonds. The third-order valence-corrected chi connectivity index (χ3v) is 7.23. The van der Waals surface area contributed by atoms with Crippen LogP contribution in [0.2, 0.25) is 0 Å². The highest BCUT2D eigenvalue weighted by atomic mass is 16.6. The summed E-state index contributed by atoms with van der Waals surface area (Å²) in [7, 11) is 0. The number of hydrogen-bond donors (Lipinski definition) is 3. The minimum absolute atomic E-state index is 0.0280. The van der Waals surface area contributed by atoms with Crippen LogP contribution in [0.5, 0.6) is 0 Å². The number of aliphatic hydroxyl groups excluding tert-OH is 3. The largest absolute Gasteiger partial charge is 0.459 e. The zero-order valence-corrected chi connectivity index (χ0v) is 15.2. The van der Waals surface area contributed by atoms with Gasteiger partial charge in [0.15, 0.2) is 0 Å². The van der Waals surface area contributed by atoms with Gasteiger partial charge in [0.05, 0.1) is 18.3 Å². The van der Waals surface area contributed by atoms with E-state index >= 15 is 0 Å². The van der Waals surface area contributed by atoms with Gasteiger partial charge in [-0.25, -0.2) is 4.79 Å². The molecule has 1 aliphatic heterocycles. The fraction of sp³-hybridized carbons (Fsp3) is 0.750. The highest BCUT2D eigenvalue weighted by Crippen LogP contribution is 2.61. The summed E-state index contributed by atoms with van der Waals surface area (Å²) in [5.74, 6) is -0.0734. The number of carbonyl (C=O) groups is 1. The summed E-state index contributed by atoms with van der Waals surface area (Å²) < 4.78 is 4.90. The van der Waals surface area contributed by atoms with E-state index in [4.69, 9.17) is 4.74 Å². The fourth-order valence-electron chi connectivity index (χ4n) is 5.56. The lowest BCUT2D eigenvalue weighted by atomic mass is 9.46. The van der Waals surface area contributed by atoms with E-state index in [1.165, 1.54) is 0 Å². The van der Waals surface area contributed by atoms with Gasteiger partial charge in [0.2, 0.25) is 0 Å². The average Bonchev–Trinajstić information content (AvgIpc) is 2.89. The number of allylic oxidation sites excluding steroid dienone is 2. The molecule has 1 heterocycles. The molecule has 2 aliphatic carbocycles. The molecule has 5 nitrogen and oxygen atoms in total. The van der Waals surface area contributed by atoms with E-state index in [2.05, 4.69) is 13.5 Å². The first-order chi connectivity index (χ1) is 11.7. The van der Waals surface area contributed by atoms with Gasteiger partial charge in [0.25, 0.3) is 0 Å². The van der Waals surface area contributed by atoms with Gasteiger partial charge in [-0.3, -0.25) is 0 Å². The highest BCUT2D eigenvalue weighted by Gasteiger charge is 2.57. The Morgan fingerprint density at radius 2 is 2.04 bits per heavy atom. The molecule has 2 saturated carbocycles. The number of cyclic esters (lactones) is 1. The molecule has 3 N–H and O–H groups in total. The Hall–Kier alpha value is -1.17. The Morgan fingerprint density at radius 3 is 2.64 bits per heavy atom. The second-order valence-electron chi connectivity index (χ2n) is 8.54. The highest BCUT2D eigenvalue weighted by molar-refractivity contribution is 5.91. The van der Waals surface area contributed by atoms with Gasteiger partial charge < -0.3 is 20.1 Å². The number of hydrogen-bond acceptors (Lipinski definition) is 5. The maximum absolute atomic E-state index is 11.8.